The van der Waals surface area contributed by atoms with Crippen molar-refractivity contribution in [1.82, 2.24) is 4.90 Å². The number of carbonyl (C=O) groups excluding carboxylic acids is 3. The maximum Gasteiger partial charge on any atom is 0.310 e. The fraction of sp³-hybridized carbons (Fsp3) is 0.867. The molecule has 54 heavy (non-hydrogen) atoms. The highest BCUT2D eigenvalue weighted by molar-refractivity contribution is 6.00. The van der Waals surface area contributed by atoms with E-state index in [1.165, 1.54) is 5.57 Å². The van der Waals surface area contributed by atoms with Crippen LogP contribution in [0.4, 0.5) is 0 Å². The first-order chi connectivity index (χ1) is 25.1. The number of aliphatic hydroxyl groups is 1. The van der Waals surface area contributed by atoms with Crippen molar-refractivity contribution in [3.8, 4) is 0 Å². The summed E-state index contributed by atoms with van der Waals surface area (Å²) in [6.07, 6.45) is 8.69. The zero-order chi connectivity index (χ0) is 39.8. The Morgan fingerprint density at radius 1 is 0.926 bits per heavy atom. The highest BCUT2D eigenvalue weighted by atomic mass is 16.5. The van der Waals surface area contributed by atoms with Crippen LogP contribution in [0.5, 0.6) is 0 Å². The van der Waals surface area contributed by atoms with Crippen molar-refractivity contribution in [3.63, 3.8) is 0 Å². The van der Waals surface area contributed by atoms with E-state index in [0.717, 1.165) is 76.3 Å². The average molecular weight is 754 g/mol. The van der Waals surface area contributed by atoms with E-state index in [-0.39, 0.29) is 63.7 Å². The predicted octanol–water partition coefficient (Wildman–Crippen LogP) is 8.02. The lowest BCUT2D eigenvalue weighted by atomic mass is 9.33. The Labute approximate surface area is 324 Å². The average Bonchev–Trinajstić information content (AvgIpc) is 3.39. The molecule has 0 aromatic rings. The fourth-order valence-electron chi connectivity index (χ4n) is 14.0. The summed E-state index contributed by atoms with van der Waals surface area (Å²) in [6, 6.07) is 0. The number of nitrogens with zero attached hydrogens (tertiary/aromatic N) is 1. The number of ether oxygens (including phenoxy) is 2. The molecule has 0 bridgehead atoms. The van der Waals surface area contributed by atoms with Crippen LogP contribution in [0.25, 0.3) is 0 Å². The van der Waals surface area contributed by atoms with E-state index in [0.29, 0.717) is 38.0 Å². The number of allylic oxidation sites excluding steroid dienone is 1. The summed E-state index contributed by atoms with van der Waals surface area (Å²) < 4.78 is 11.5. The molecular weight excluding hydrogens is 682 g/mol. The number of aliphatic carboxylic acids is 1. The van der Waals surface area contributed by atoms with Crippen LogP contribution < -0.4 is 0 Å². The fourth-order valence-corrected chi connectivity index (χ4v) is 14.0. The van der Waals surface area contributed by atoms with E-state index in [1.54, 1.807) is 13.8 Å². The molecule has 9 nitrogen and oxygen atoms in total. The van der Waals surface area contributed by atoms with E-state index in [9.17, 15) is 29.4 Å². The number of rotatable bonds is 10. The second-order valence-electron chi connectivity index (χ2n) is 20.9. The molecule has 0 radical (unpaired) electrons. The number of carboxylic acids is 1. The maximum absolute atomic E-state index is 14.2. The number of piperidine rings is 1. The largest absolute Gasteiger partial charge is 0.481 e. The van der Waals surface area contributed by atoms with Crippen LogP contribution in [0.2, 0.25) is 0 Å². The van der Waals surface area contributed by atoms with Gasteiger partial charge in [-0.05, 0) is 137 Å². The molecule has 1 unspecified atom stereocenters. The van der Waals surface area contributed by atoms with E-state index in [1.807, 2.05) is 6.92 Å². The van der Waals surface area contributed by atoms with Gasteiger partial charge in [-0.3, -0.25) is 24.1 Å². The minimum absolute atomic E-state index is 0.0316. The third kappa shape index (κ3) is 6.41. The summed E-state index contributed by atoms with van der Waals surface area (Å²) >= 11 is 0. The van der Waals surface area contributed by atoms with E-state index in [4.69, 9.17) is 9.47 Å². The normalized spacial score (nSPS) is 39.9. The molecule has 0 aromatic heterocycles. The molecule has 9 heteroatoms. The second kappa shape index (κ2) is 14.3. The lowest BCUT2D eigenvalue weighted by molar-refractivity contribution is -0.235. The van der Waals surface area contributed by atoms with Gasteiger partial charge in [-0.15, -0.1) is 0 Å². The molecule has 2 N–H and O–H groups in total. The summed E-state index contributed by atoms with van der Waals surface area (Å²) in [5.41, 5.74) is 0.293. The van der Waals surface area contributed by atoms with Gasteiger partial charge >= 0.3 is 17.9 Å². The molecule has 10 atom stereocenters. The van der Waals surface area contributed by atoms with Crippen molar-refractivity contribution >= 4 is 23.7 Å². The number of β-amino-alcohol motifs (C(OH)–C–C–N with tert-alkyl or cyclic N) is 1. The van der Waals surface area contributed by atoms with Gasteiger partial charge in [-0.1, -0.05) is 54.0 Å². The Morgan fingerprint density at radius 2 is 1.63 bits per heavy atom. The zero-order valence-electron chi connectivity index (χ0n) is 35.1. The molecule has 0 amide bonds. The first-order valence-electron chi connectivity index (χ1n) is 21.4. The number of carbonyl (C=O) groups is 4. The molecule has 1 aliphatic heterocycles. The minimum Gasteiger partial charge on any atom is -0.481 e. The minimum atomic E-state index is -1.17. The van der Waals surface area contributed by atoms with Gasteiger partial charge < -0.3 is 19.7 Å². The molecule has 6 aliphatic rings. The summed E-state index contributed by atoms with van der Waals surface area (Å²) in [5, 5.41) is 22.0. The summed E-state index contributed by atoms with van der Waals surface area (Å²) in [6.45, 7) is 23.7. The smallest absolute Gasteiger partial charge is 0.310 e. The number of ketones is 1. The first kappa shape index (κ1) is 41.4. The van der Waals surface area contributed by atoms with E-state index in [2.05, 4.69) is 53.4 Å². The number of carboxylic acid groups (broad SMARTS) is 1. The quantitative estimate of drug-likeness (QED) is 0.213. The lowest BCUT2D eigenvalue weighted by Gasteiger charge is -2.72. The molecule has 6 rings (SSSR count). The Kier molecular flexibility index (Phi) is 10.9. The van der Waals surface area contributed by atoms with E-state index < -0.39 is 28.9 Å². The predicted molar refractivity (Wildman–Crippen MR) is 207 cm³/mol. The molecule has 5 aliphatic carbocycles. The molecule has 304 valence electrons. The molecule has 0 aromatic carbocycles. The third-order valence-electron chi connectivity index (χ3n) is 17.1. The number of hydrogen-bond donors (Lipinski definition) is 2. The monoisotopic (exact) mass is 754 g/mol. The van der Waals surface area contributed by atoms with Crippen LogP contribution in [0.3, 0.4) is 0 Å². The number of likely N-dealkylation sites (tertiary alicyclic amines) is 1. The summed E-state index contributed by atoms with van der Waals surface area (Å²) in [4.78, 5) is 54.0. The van der Waals surface area contributed by atoms with Crippen LogP contribution in [-0.4, -0.2) is 77.3 Å². The highest BCUT2D eigenvalue weighted by Crippen LogP contribution is 2.77. The maximum atomic E-state index is 14.2. The standard InChI is InChI=1S/C45H71NO8/c1-11-53-38(50)28-13-12-22-46(25-28)26-33(48)45-21-20-43(9)29(37(45)36(27(2)3)30(47)23-45)14-15-32-42(8)18-17-34(54-35(49)24-40(4,5)39(51)52)41(6,7)31(42)16-19-44(32,43)10/h27-29,31-34,48H,11-26H2,1-10H3,(H,51,52)/t28?,29-,31+,32-,33-,34+,42+,43-,44-,45+/m1/s1. The van der Waals surface area contributed by atoms with Crippen molar-refractivity contribution in [2.45, 2.75) is 158 Å². The molecule has 4 saturated carbocycles. The summed E-state index contributed by atoms with van der Waals surface area (Å²) in [5.74, 6) is -0.384. The van der Waals surface area contributed by atoms with Crippen LogP contribution in [0.15, 0.2) is 11.1 Å². The van der Waals surface area contributed by atoms with Crippen LogP contribution in [0.1, 0.15) is 146 Å². The van der Waals surface area contributed by atoms with Gasteiger partial charge in [0.05, 0.1) is 30.5 Å². The zero-order valence-corrected chi connectivity index (χ0v) is 35.1. The third-order valence-corrected chi connectivity index (χ3v) is 17.1. The van der Waals surface area contributed by atoms with Gasteiger partial charge in [0.1, 0.15) is 6.10 Å². The summed E-state index contributed by atoms with van der Waals surface area (Å²) in [7, 11) is 0. The number of hydrogen-bond acceptors (Lipinski definition) is 8. The number of aliphatic hydroxyl groups excluding tert-OH is 1. The van der Waals surface area contributed by atoms with Crippen LogP contribution in [-0.2, 0) is 28.7 Å². The molecule has 5 fully saturated rings. The van der Waals surface area contributed by atoms with Gasteiger partial charge in [0.25, 0.3) is 0 Å². The lowest BCUT2D eigenvalue weighted by Crippen LogP contribution is -2.66. The number of Topliss-reactive ketones (excluding diaryl/α,β-unsaturated/α-hetero) is 1. The SMILES string of the molecule is CCOC(=O)C1CCCN(C[C@@H](O)[C@@]23CC[C@]4(C)[C@H](CC[C@@H]5[C@@]6(C)CC[C@H](OC(=O)CC(C)(C)C(=O)O)C(C)(C)[C@@H]6CC[C@]54C)C2=C(C(C)C)C(=O)C3)C1. The van der Waals surface area contributed by atoms with Crippen molar-refractivity contribution in [1.29, 1.82) is 0 Å². The van der Waals surface area contributed by atoms with Crippen molar-refractivity contribution in [2.24, 2.45) is 62.1 Å². The van der Waals surface area contributed by atoms with Gasteiger partial charge in [-0.2, -0.15) is 0 Å². The second-order valence-corrected chi connectivity index (χ2v) is 20.9. The van der Waals surface area contributed by atoms with Crippen molar-refractivity contribution in [2.75, 3.05) is 26.2 Å². The molecule has 1 heterocycles. The molecular formula is C45H71NO8. The van der Waals surface area contributed by atoms with Crippen molar-refractivity contribution < 1.29 is 38.9 Å². The Bertz CT molecular complexity index is 1550. The van der Waals surface area contributed by atoms with Crippen LogP contribution >= 0.6 is 0 Å². The Balaban J connectivity index is 1.26. The van der Waals surface area contributed by atoms with Gasteiger partial charge in [-0.25, -0.2) is 0 Å². The van der Waals surface area contributed by atoms with Gasteiger partial charge in [0.2, 0.25) is 0 Å². The first-order valence-corrected chi connectivity index (χ1v) is 21.4. The Morgan fingerprint density at radius 3 is 2.28 bits per heavy atom. The topological polar surface area (TPSA) is 130 Å². The number of esters is 2. The number of fused-ring (bicyclic) bond motifs is 7. The van der Waals surface area contributed by atoms with Gasteiger partial charge in [0.15, 0.2) is 5.78 Å². The highest BCUT2D eigenvalue weighted by Gasteiger charge is 2.71. The van der Waals surface area contributed by atoms with E-state index >= 15 is 0 Å². The van der Waals surface area contributed by atoms with Gasteiger partial charge in [0, 0.05) is 30.3 Å². The van der Waals surface area contributed by atoms with Crippen LogP contribution in [0, 0.1) is 62.1 Å². The molecule has 1 saturated heterocycles. The van der Waals surface area contributed by atoms with Crippen molar-refractivity contribution in [3.05, 3.63) is 11.1 Å². The Hall–Kier alpha value is -2.26. The molecule has 0 spiro atoms.